The first kappa shape index (κ1) is 19.5. The van der Waals surface area contributed by atoms with E-state index in [1.807, 2.05) is 32.0 Å². The number of rotatable bonds is 8. The molecule has 2 heterocycles. The maximum Gasteiger partial charge on any atom is 0.262 e. The molecule has 28 heavy (non-hydrogen) atoms. The van der Waals surface area contributed by atoms with E-state index in [1.165, 1.54) is 6.33 Å². The van der Waals surface area contributed by atoms with Gasteiger partial charge in [-0.2, -0.15) is 0 Å². The number of nitrogens with zero attached hydrogens (tertiary/aromatic N) is 1. The molecule has 0 aliphatic carbocycles. The highest BCUT2D eigenvalue weighted by molar-refractivity contribution is 6.06. The number of hydrogen-bond acceptors (Lipinski definition) is 6. The number of benzene rings is 1. The van der Waals surface area contributed by atoms with Crippen molar-refractivity contribution in [2.75, 3.05) is 19.8 Å². The second-order valence-corrected chi connectivity index (χ2v) is 6.10. The SMILES string of the molecule is CCOc1ccc(CCNC(=O)c2c(C)oc3nc[nH]c(=O)c23)cc1OCC. The van der Waals surface area contributed by atoms with E-state index in [0.717, 1.165) is 5.56 Å². The van der Waals surface area contributed by atoms with Gasteiger partial charge in [-0.15, -0.1) is 0 Å². The summed E-state index contributed by atoms with van der Waals surface area (Å²) in [6.45, 7) is 6.95. The molecule has 1 aromatic carbocycles. The molecule has 0 saturated carbocycles. The lowest BCUT2D eigenvalue weighted by atomic mass is 10.1. The van der Waals surface area contributed by atoms with Crippen LogP contribution in [0.3, 0.4) is 0 Å². The van der Waals surface area contributed by atoms with Gasteiger partial charge < -0.3 is 24.2 Å². The Kier molecular flexibility index (Phi) is 5.98. The third-order valence-corrected chi connectivity index (χ3v) is 4.20. The molecule has 0 atom stereocenters. The van der Waals surface area contributed by atoms with Crippen molar-refractivity contribution in [3.05, 3.63) is 51.8 Å². The van der Waals surface area contributed by atoms with Crippen LogP contribution in [0.1, 0.15) is 35.5 Å². The minimum atomic E-state index is -0.403. The minimum absolute atomic E-state index is 0.152. The van der Waals surface area contributed by atoms with Gasteiger partial charge in [-0.3, -0.25) is 9.59 Å². The van der Waals surface area contributed by atoms with Gasteiger partial charge in [0.2, 0.25) is 5.71 Å². The molecular formula is C20H23N3O5. The van der Waals surface area contributed by atoms with Gasteiger partial charge in [-0.1, -0.05) is 6.07 Å². The van der Waals surface area contributed by atoms with E-state index in [-0.39, 0.29) is 22.6 Å². The predicted octanol–water partition coefficient (Wildman–Crippen LogP) is 2.59. The number of H-pyrrole nitrogens is 1. The summed E-state index contributed by atoms with van der Waals surface area (Å²) in [6.07, 6.45) is 1.85. The summed E-state index contributed by atoms with van der Waals surface area (Å²) >= 11 is 0. The Morgan fingerprint density at radius 2 is 1.96 bits per heavy atom. The summed E-state index contributed by atoms with van der Waals surface area (Å²) in [5.74, 6) is 1.37. The number of aromatic nitrogens is 2. The Balaban J connectivity index is 1.70. The molecule has 0 aliphatic rings. The molecule has 0 bridgehead atoms. The van der Waals surface area contributed by atoms with E-state index in [9.17, 15) is 9.59 Å². The van der Waals surface area contributed by atoms with Gasteiger partial charge in [-0.05, 0) is 44.9 Å². The summed E-state index contributed by atoms with van der Waals surface area (Å²) in [7, 11) is 0. The average molecular weight is 385 g/mol. The van der Waals surface area contributed by atoms with Gasteiger partial charge in [0.15, 0.2) is 11.5 Å². The molecule has 2 aromatic heterocycles. The smallest absolute Gasteiger partial charge is 0.262 e. The van der Waals surface area contributed by atoms with Crippen LogP contribution < -0.4 is 20.3 Å². The number of aryl methyl sites for hydroxylation is 1. The van der Waals surface area contributed by atoms with Gasteiger partial charge in [0.05, 0.1) is 25.1 Å². The first-order valence-electron chi connectivity index (χ1n) is 9.18. The molecule has 148 valence electrons. The largest absolute Gasteiger partial charge is 0.490 e. The summed E-state index contributed by atoms with van der Waals surface area (Å²) in [6, 6.07) is 5.71. The monoisotopic (exact) mass is 385 g/mol. The molecule has 8 heteroatoms. The zero-order valence-electron chi connectivity index (χ0n) is 16.1. The van der Waals surface area contributed by atoms with Crippen LogP contribution in [0.2, 0.25) is 0 Å². The zero-order chi connectivity index (χ0) is 20.1. The number of hydrogen-bond donors (Lipinski definition) is 2. The highest BCUT2D eigenvalue weighted by Crippen LogP contribution is 2.28. The molecule has 0 saturated heterocycles. The average Bonchev–Trinajstić information content (AvgIpc) is 3.01. The van der Waals surface area contributed by atoms with Crippen LogP contribution in [-0.2, 0) is 6.42 Å². The normalized spacial score (nSPS) is 10.8. The first-order chi connectivity index (χ1) is 13.5. The second-order valence-electron chi connectivity index (χ2n) is 6.10. The molecule has 0 radical (unpaired) electrons. The molecule has 0 unspecified atom stereocenters. The zero-order valence-corrected chi connectivity index (χ0v) is 16.1. The maximum absolute atomic E-state index is 12.6. The molecular weight excluding hydrogens is 362 g/mol. The fourth-order valence-electron chi connectivity index (χ4n) is 2.99. The third-order valence-electron chi connectivity index (χ3n) is 4.20. The quantitative estimate of drug-likeness (QED) is 0.617. The van der Waals surface area contributed by atoms with E-state index in [0.29, 0.717) is 43.4 Å². The molecule has 0 aliphatic heterocycles. The van der Waals surface area contributed by atoms with E-state index >= 15 is 0 Å². The van der Waals surface area contributed by atoms with Gasteiger partial charge in [0, 0.05) is 6.54 Å². The van der Waals surface area contributed by atoms with Gasteiger partial charge in [-0.25, -0.2) is 4.98 Å². The van der Waals surface area contributed by atoms with Crippen molar-refractivity contribution in [2.45, 2.75) is 27.2 Å². The van der Waals surface area contributed by atoms with Crippen LogP contribution in [0.15, 0.2) is 33.7 Å². The first-order valence-corrected chi connectivity index (χ1v) is 9.18. The van der Waals surface area contributed by atoms with Crippen LogP contribution in [0.5, 0.6) is 11.5 Å². The number of ether oxygens (including phenoxy) is 2. The molecule has 0 fully saturated rings. The van der Waals surface area contributed by atoms with Crippen molar-refractivity contribution in [3.8, 4) is 11.5 Å². The Bertz CT molecular complexity index is 1040. The van der Waals surface area contributed by atoms with Crippen LogP contribution in [-0.4, -0.2) is 35.6 Å². The molecule has 0 spiro atoms. The Morgan fingerprint density at radius 1 is 1.21 bits per heavy atom. The van der Waals surface area contributed by atoms with E-state index in [1.54, 1.807) is 6.92 Å². The van der Waals surface area contributed by atoms with Crippen LogP contribution >= 0.6 is 0 Å². The summed E-state index contributed by atoms with van der Waals surface area (Å²) in [5.41, 5.74) is 0.964. The predicted molar refractivity (Wildman–Crippen MR) is 104 cm³/mol. The number of nitrogens with one attached hydrogen (secondary N) is 2. The lowest BCUT2D eigenvalue weighted by molar-refractivity contribution is 0.0954. The lowest BCUT2D eigenvalue weighted by Gasteiger charge is -2.12. The fourth-order valence-corrected chi connectivity index (χ4v) is 2.99. The van der Waals surface area contributed by atoms with Crippen LogP contribution in [0.25, 0.3) is 11.1 Å². The Labute approximate surface area is 161 Å². The Morgan fingerprint density at radius 3 is 2.71 bits per heavy atom. The van der Waals surface area contributed by atoms with E-state index in [4.69, 9.17) is 13.9 Å². The van der Waals surface area contributed by atoms with Crippen molar-refractivity contribution in [2.24, 2.45) is 0 Å². The summed E-state index contributed by atoms with van der Waals surface area (Å²) < 4.78 is 16.6. The lowest BCUT2D eigenvalue weighted by Crippen LogP contribution is -2.27. The highest BCUT2D eigenvalue weighted by atomic mass is 16.5. The van der Waals surface area contributed by atoms with Crippen molar-refractivity contribution in [3.63, 3.8) is 0 Å². The van der Waals surface area contributed by atoms with E-state index < -0.39 is 5.56 Å². The summed E-state index contributed by atoms with van der Waals surface area (Å²) in [4.78, 5) is 31.1. The number of aromatic amines is 1. The standard InChI is InChI=1S/C20H23N3O5/c1-4-26-14-7-6-13(10-15(14)27-5-2)8-9-21-18(24)16-12(3)28-20-17(16)19(25)22-11-23-20/h6-7,10-11H,4-5,8-9H2,1-3H3,(H,21,24)(H,22,23,25). The van der Waals surface area contributed by atoms with Gasteiger partial charge in [0.25, 0.3) is 11.5 Å². The van der Waals surface area contributed by atoms with Crippen molar-refractivity contribution < 1.29 is 18.7 Å². The molecule has 3 aromatic rings. The number of furan rings is 1. The third kappa shape index (κ3) is 4.00. The van der Waals surface area contributed by atoms with Crippen molar-refractivity contribution in [1.82, 2.24) is 15.3 Å². The van der Waals surface area contributed by atoms with Crippen molar-refractivity contribution in [1.29, 1.82) is 0 Å². The number of carbonyl (C=O) groups excluding carboxylic acids is 1. The van der Waals surface area contributed by atoms with Gasteiger partial charge in [0.1, 0.15) is 11.1 Å². The fraction of sp³-hybridized carbons (Fsp3) is 0.350. The molecule has 2 N–H and O–H groups in total. The van der Waals surface area contributed by atoms with Crippen molar-refractivity contribution >= 4 is 17.0 Å². The number of carbonyl (C=O) groups is 1. The molecule has 8 nitrogen and oxygen atoms in total. The number of fused-ring (bicyclic) bond motifs is 1. The van der Waals surface area contributed by atoms with Crippen LogP contribution in [0, 0.1) is 6.92 Å². The van der Waals surface area contributed by atoms with Crippen LogP contribution in [0.4, 0.5) is 0 Å². The van der Waals surface area contributed by atoms with Gasteiger partial charge >= 0.3 is 0 Å². The minimum Gasteiger partial charge on any atom is -0.490 e. The molecule has 3 rings (SSSR count). The topological polar surface area (TPSA) is 106 Å². The second kappa shape index (κ2) is 8.60. The Hall–Kier alpha value is -3.29. The maximum atomic E-state index is 12.6. The molecule has 1 amide bonds. The number of amides is 1. The van der Waals surface area contributed by atoms with E-state index in [2.05, 4.69) is 15.3 Å². The highest BCUT2D eigenvalue weighted by Gasteiger charge is 2.21. The summed E-state index contributed by atoms with van der Waals surface area (Å²) in [5, 5.41) is 3.00.